The number of pyridine rings is 1. The lowest BCUT2D eigenvalue weighted by Crippen LogP contribution is -2.15. The van der Waals surface area contributed by atoms with Crippen molar-refractivity contribution in [3.8, 4) is 5.75 Å². The van der Waals surface area contributed by atoms with Gasteiger partial charge < -0.3 is 15.7 Å². The summed E-state index contributed by atoms with van der Waals surface area (Å²) < 4.78 is 5.19. The highest BCUT2D eigenvalue weighted by atomic mass is 32.2. The van der Waals surface area contributed by atoms with Gasteiger partial charge in [0.15, 0.2) is 5.84 Å². The lowest BCUT2D eigenvalue weighted by molar-refractivity contribution is 0.318. The number of nitrogens with two attached hydrogens (primary N) is 1. The molecule has 2 rings (SSSR count). The average Bonchev–Trinajstić information content (AvgIpc) is 2.52. The van der Waals surface area contributed by atoms with Crippen molar-refractivity contribution in [3.05, 3.63) is 53.9 Å². The van der Waals surface area contributed by atoms with Gasteiger partial charge in [0, 0.05) is 16.8 Å². The van der Waals surface area contributed by atoms with Crippen LogP contribution < -0.4 is 10.5 Å². The van der Waals surface area contributed by atoms with Gasteiger partial charge in [-0.15, -0.1) is 11.8 Å². The van der Waals surface area contributed by atoms with Gasteiger partial charge in [0.2, 0.25) is 0 Å². The molecule has 0 fully saturated rings. The summed E-state index contributed by atoms with van der Waals surface area (Å²) in [5.74, 6) is 1.61. The predicted molar refractivity (Wildman–Crippen MR) is 79.3 cm³/mol. The minimum Gasteiger partial charge on any atom is -0.497 e. The first-order chi connectivity index (χ1) is 9.72. The summed E-state index contributed by atoms with van der Waals surface area (Å²) in [6, 6.07) is 11.6. The molecule has 104 valence electrons. The van der Waals surface area contributed by atoms with E-state index in [0.29, 0.717) is 5.69 Å². The molecule has 2 aromatic rings. The maximum Gasteiger partial charge on any atom is 0.188 e. The Morgan fingerprint density at radius 3 is 3.00 bits per heavy atom. The Morgan fingerprint density at radius 2 is 2.25 bits per heavy atom. The van der Waals surface area contributed by atoms with E-state index in [1.807, 2.05) is 36.4 Å². The van der Waals surface area contributed by atoms with E-state index in [2.05, 4.69) is 10.1 Å². The fraction of sp³-hybridized carbons (Fsp3) is 0.143. The van der Waals surface area contributed by atoms with Gasteiger partial charge in [-0.2, -0.15) is 0 Å². The molecule has 6 heteroatoms. The fourth-order valence-corrected chi connectivity index (χ4v) is 2.50. The second-order valence-electron chi connectivity index (χ2n) is 4.00. The number of aromatic nitrogens is 1. The number of hydrogen-bond acceptors (Lipinski definition) is 5. The molecular formula is C14H15N3O2S. The van der Waals surface area contributed by atoms with Crippen molar-refractivity contribution in [2.75, 3.05) is 7.11 Å². The van der Waals surface area contributed by atoms with Gasteiger partial charge in [-0.25, -0.2) is 0 Å². The molecule has 0 amide bonds. The second kappa shape index (κ2) is 6.81. The number of methoxy groups -OCH3 is 1. The number of thioether (sulfide) groups is 1. The topological polar surface area (TPSA) is 80.7 Å². The molecule has 0 aliphatic carbocycles. The van der Waals surface area contributed by atoms with Crippen molar-refractivity contribution in [1.29, 1.82) is 0 Å². The lowest BCUT2D eigenvalue weighted by atomic mass is 10.2. The minimum atomic E-state index is 0.0123. The Bertz CT molecular complexity index is 617. The van der Waals surface area contributed by atoms with E-state index >= 15 is 0 Å². The van der Waals surface area contributed by atoms with E-state index in [-0.39, 0.29) is 5.84 Å². The van der Waals surface area contributed by atoms with Crippen LogP contribution in [0.25, 0.3) is 0 Å². The number of amidine groups is 1. The van der Waals surface area contributed by atoms with Gasteiger partial charge in [0.05, 0.1) is 7.11 Å². The summed E-state index contributed by atoms with van der Waals surface area (Å²) in [6.07, 6.45) is 1.65. The first-order valence-corrected chi connectivity index (χ1v) is 6.91. The molecule has 0 spiro atoms. The molecule has 20 heavy (non-hydrogen) atoms. The largest absolute Gasteiger partial charge is 0.497 e. The molecule has 0 saturated carbocycles. The molecule has 5 nitrogen and oxygen atoms in total. The third kappa shape index (κ3) is 3.64. The number of oxime groups is 1. The van der Waals surface area contributed by atoms with Crippen LogP contribution in [-0.2, 0) is 5.75 Å². The molecule has 1 aromatic heterocycles. The first kappa shape index (κ1) is 14.2. The molecule has 0 bridgehead atoms. The molecule has 0 saturated heterocycles. The molecular weight excluding hydrogens is 274 g/mol. The normalized spacial score (nSPS) is 11.3. The van der Waals surface area contributed by atoms with E-state index < -0.39 is 0 Å². The molecule has 0 aliphatic heterocycles. The number of benzene rings is 1. The second-order valence-corrected chi connectivity index (χ2v) is 5.05. The molecule has 0 aliphatic rings. The zero-order valence-electron chi connectivity index (χ0n) is 11.0. The molecule has 1 heterocycles. The third-order valence-corrected chi connectivity index (χ3v) is 3.71. The SMILES string of the molecule is COc1cccc(SCc2ccnc(C(N)=NO)c2)c1. The number of hydrogen-bond donors (Lipinski definition) is 2. The molecule has 0 atom stereocenters. The monoisotopic (exact) mass is 289 g/mol. The van der Waals surface area contributed by atoms with Crippen molar-refractivity contribution >= 4 is 17.6 Å². The molecule has 1 aromatic carbocycles. The third-order valence-electron chi connectivity index (χ3n) is 2.64. The quantitative estimate of drug-likeness (QED) is 0.290. The summed E-state index contributed by atoms with van der Waals surface area (Å²) in [5, 5.41) is 11.6. The van der Waals surface area contributed by atoms with Crippen LogP contribution in [0.15, 0.2) is 52.6 Å². The van der Waals surface area contributed by atoms with Crippen LogP contribution in [0.5, 0.6) is 5.75 Å². The number of nitrogens with zero attached hydrogens (tertiary/aromatic N) is 2. The highest BCUT2D eigenvalue weighted by Gasteiger charge is 2.03. The van der Waals surface area contributed by atoms with Gasteiger partial charge in [-0.1, -0.05) is 11.2 Å². The van der Waals surface area contributed by atoms with Crippen LogP contribution in [0.1, 0.15) is 11.3 Å². The van der Waals surface area contributed by atoms with Crippen molar-refractivity contribution < 1.29 is 9.94 Å². The van der Waals surface area contributed by atoms with Gasteiger partial charge in [-0.05, 0) is 35.9 Å². The van der Waals surface area contributed by atoms with Crippen LogP contribution in [0.2, 0.25) is 0 Å². The Kier molecular flexibility index (Phi) is 4.84. The van der Waals surface area contributed by atoms with Gasteiger partial charge in [-0.3, -0.25) is 4.98 Å². The summed E-state index contributed by atoms with van der Waals surface area (Å²) in [4.78, 5) is 5.16. The van der Waals surface area contributed by atoms with E-state index in [1.165, 1.54) is 0 Å². The summed E-state index contributed by atoms with van der Waals surface area (Å²) in [6.45, 7) is 0. The predicted octanol–water partition coefficient (Wildman–Crippen LogP) is 2.48. The van der Waals surface area contributed by atoms with Crippen molar-refractivity contribution in [3.63, 3.8) is 0 Å². The summed E-state index contributed by atoms with van der Waals surface area (Å²) >= 11 is 1.68. The zero-order chi connectivity index (χ0) is 14.4. The minimum absolute atomic E-state index is 0.0123. The van der Waals surface area contributed by atoms with Crippen LogP contribution in [0.3, 0.4) is 0 Å². The van der Waals surface area contributed by atoms with Crippen LogP contribution in [-0.4, -0.2) is 23.1 Å². The van der Waals surface area contributed by atoms with Crippen LogP contribution >= 0.6 is 11.8 Å². The smallest absolute Gasteiger partial charge is 0.188 e. The van der Waals surface area contributed by atoms with E-state index in [4.69, 9.17) is 15.7 Å². The summed E-state index contributed by atoms with van der Waals surface area (Å²) in [7, 11) is 1.65. The Labute approximate surface area is 121 Å². The molecule has 0 radical (unpaired) electrons. The maximum atomic E-state index is 8.65. The van der Waals surface area contributed by atoms with Crippen molar-refractivity contribution in [2.24, 2.45) is 10.9 Å². The van der Waals surface area contributed by atoms with E-state index in [0.717, 1.165) is 22.0 Å². The maximum absolute atomic E-state index is 8.65. The lowest BCUT2D eigenvalue weighted by Gasteiger charge is -2.05. The zero-order valence-corrected chi connectivity index (χ0v) is 11.8. The molecule has 0 unspecified atom stereocenters. The molecule has 3 N–H and O–H groups in total. The van der Waals surface area contributed by atoms with Crippen molar-refractivity contribution in [2.45, 2.75) is 10.6 Å². The fourth-order valence-electron chi connectivity index (χ4n) is 1.61. The van der Waals surface area contributed by atoms with Crippen LogP contribution in [0, 0.1) is 0 Å². The van der Waals surface area contributed by atoms with E-state index in [1.54, 1.807) is 25.1 Å². The highest BCUT2D eigenvalue weighted by molar-refractivity contribution is 7.98. The van der Waals surface area contributed by atoms with Crippen molar-refractivity contribution in [1.82, 2.24) is 4.98 Å². The van der Waals surface area contributed by atoms with Gasteiger partial charge in [0.1, 0.15) is 11.4 Å². The standard InChI is InChI=1S/C14H15N3O2S/c1-19-11-3-2-4-12(8-11)20-9-10-5-6-16-13(7-10)14(15)17-18/h2-8,18H,9H2,1H3,(H2,15,17). The number of rotatable bonds is 5. The number of ether oxygens (including phenoxy) is 1. The van der Waals surface area contributed by atoms with Gasteiger partial charge >= 0.3 is 0 Å². The Balaban J connectivity index is 2.07. The average molecular weight is 289 g/mol. The van der Waals surface area contributed by atoms with Crippen LogP contribution in [0.4, 0.5) is 0 Å². The Morgan fingerprint density at radius 1 is 1.40 bits per heavy atom. The van der Waals surface area contributed by atoms with Gasteiger partial charge in [0.25, 0.3) is 0 Å². The Hall–Kier alpha value is -2.21. The highest BCUT2D eigenvalue weighted by Crippen LogP contribution is 2.26. The van der Waals surface area contributed by atoms with E-state index in [9.17, 15) is 0 Å². The summed E-state index contributed by atoms with van der Waals surface area (Å²) in [5.41, 5.74) is 7.04. The first-order valence-electron chi connectivity index (χ1n) is 5.92.